The monoisotopic (exact) mass is 307 g/mol. The maximum Gasteiger partial charge on any atom is 0.0771 e. The number of hydrogen-bond acceptors (Lipinski definition) is 3. The van der Waals surface area contributed by atoms with Gasteiger partial charge < -0.3 is 10.4 Å². The molecule has 1 unspecified atom stereocenters. The van der Waals surface area contributed by atoms with Gasteiger partial charge in [0, 0.05) is 24.3 Å². The molecule has 1 atom stereocenters. The second-order valence-electron chi connectivity index (χ2n) is 8.03. The van der Waals surface area contributed by atoms with E-state index in [1.54, 1.807) is 0 Å². The molecule has 1 aromatic heterocycles. The maximum atomic E-state index is 10.8. The van der Waals surface area contributed by atoms with E-state index in [1.165, 1.54) is 18.4 Å². The zero-order chi connectivity index (χ0) is 16.4. The standard InChI is InChI=1S/C18H33N3O/c1-14(16-12-21(17(3,4)5)20-15(16)2)19-13-18(22)10-8-6-7-9-11-18/h12,14,19,22H,6-11,13H2,1-5H3. The average Bonchev–Trinajstić information content (AvgIpc) is 2.69. The average molecular weight is 307 g/mol. The summed E-state index contributed by atoms with van der Waals surface area (Å²) in [5.41, 5.74) is 1.77. The lowest BCUT2D eigenvalue weighted by Crippen LogP contribution is -2.41. The third-order valence-electron chi connectivity index (χ3n) is 4.86. The first-order valence-electron chi connectivity index (χ1n) is 8.74. The Kier molecular flexibility index (Phi) is 5.33. The van der Waals surface area contributed by atoms with Gasteiger partial charge in [0.25, 0.3) is 0 Å². The van der Waals surface area contributed by atoms with Gasteiger partial charge in [-0.2, -0.15) is 5.10 Å². The summed E-state index contributed by atoms with van der Waals surface area (Å²) in [4.78, 5) is 0. The van der Waals surface area contributed by atoms with Crippen molar-refractivity contribution < 1.29 is 5.11 Å². The van der Waals surface area contributed by atoms with Crippen molar-refractivity contribution in [2.24, 2.45) is 0 Å². The van der Waals surface area contributed by atoms with Gasteiger partial charge in [-0.25, -0.2) is 0 Å². The molecule has 4 nitrogen and oxygen atoms in total. The van der Waals surface area contributed by atoms with Crippen LogP contribution in [0.4, 0.5) is 0 Å². The van der Waals surface area contributed by atoms with Crippen LogP contribution >= 0.6 is 0 Å². The SMILES string of the molecule is Cc1nn(C(C)(C)C)cc1C(C)NCC1(O)CCCCCC1. The molecule has 0 aromatic carbocycles. The summed E-state index contributed by atoms with van der Waals surface area (Å²) in [7, 11) is 0. The minimum Gasteiger partial charge on any atom is -0.389 e. The van der Waals surface area contributed by atoms with E-state index in [-0.39, 0.29) is 11.6 Å². The van der Waals surface area contributed by atoms with Gasteiger partial charge in [0.1, 0.15) is 0 Å². The Labute approximate surface area is 135 Å². The molecular formula is C18H33N3O. The Balaban J connectivity index is 2.00. The number of nitrogens with one attached hydrogen (secondary N) is 1. The van der Waals surface area contributed by atoms with Crippen molar-refractivity contribution >= 4 is 0 Å². The first-order chi connectivity index (χ1) is 10.2. The summed E-state index contributed by atoms with van der Waals surface area (Å²) >= 11 is 0. The fourth-order valence-electron chi connectivity index (χ4n) is 3.26. The van der Waals surface area contributed by atoms with Crippen LogP contribution in [0.5, 0.6) is 0 Å². The van der Waals surface area contributed by atoms with E-state index in [0.29, 0.717) is 6.54 Å². The van der Waals surface area contributed by atoms with Crippen LogP contribution in [0.25, 0.3) is 0 Å². The molecule has 1 heterocycles. The summed E-state index contributed by atoms with van der Waals surface area (Å²) in [5.74, 6) is 0. The minimum atomic E-state index is -0.529. The Bertz CT molecular complexity index is 479. The van der Waals surface area contributed by atoms with E-state index >= 15 is 0 Å². The number of aromatic nitrogens is 2. The normalized spacial score (nSPS) is 20.6. The molecule has 0 amide bonds. The Morgan fingerprint density at radius 2 is 1.86 bits per heavy atom. The molecule has 2 N–H and O–H groups in total. The van der Waals surface area contributed by atoms with Crippen molar-refractivity contribution in [1.29, 1.82) is 0 Å². The van der Waals surface area contributed by atoms with Crippen molar-refractivity contribution in [3.05, 3.63) is 17.5 Å². The molecular weight excluding hydrogens is 274 g/mol. The van der Waals surface area contributed by atoms with Crippen LogP contribution in [-0.2, 0) is 5.54 Å². The van der Waals surface area contributed by atoms with Crippen molar-refractivity contribution in [3.63, 3.8) is 0 Å². The van der Waals surface area contributed by atoms with Crippen LogP contribution < -0.4 is 5.32 Å². The van der Waals surface area contributed by atoms with Crippen LogP contribution in [-0.4, -0.2) is 27.0 Å². The molecule has 0 saturated heterocycles. The van der Waals surface area contributed by atoms with E-state index in [0.717, 1.165) is 31.4 Å². The zero-order valence-electron chi connectivity index (χ0n) is 14.9. The molecule has 1 aromatic rings. The molecule has 0 bridgehead atoms. The van der Waals surface area contributed by atoms with Gasteiger partial charge in [0.05, 0.1) is 16.8 Å². The second kappa shape index (κ2) is 6.71. The van der Waals surface area contributed by atoms with Crippen LogP contribution in [0.3, 0.4) is 0 Å². The molecule has 1 aliphatic carbocycles. The molecule has 0 radical (unpaired) electrons. The second-order valence-corrected chi connectivity index (χ2v) is 8.03. The highest BCUT2D eigenvalue weighted by Crippen LogP contribution is 2.28. The number of nitrogens with zero attached hydrogens (tertiary/aromatic N) is 2. The van der Waals surface area contributed by atoms with Gasteiger partial charge in [-0.15, -0.1) is 0 Å². The predicted octanol–water partition coefficient (Wildman–Crippen LogP) is 3.68. The molecule has 1 aliphatic rings. The molecule has 1 fully saturated rings. The first kappa shape index (κ1) is 17.5. The van der Waals surface area contributed by atoms with E-state index < -0.39 is 5.60 Å². The fourth-order valence-corrected chi connectivity index (χ4v) is 3.26. The lowest BCUT2D eigenvalue weighted by Gasteiger charge is -2.28. The largest absolute Gasteiger partial charge is 0.389 e. The Hall–Kier alpha value is -0.870. The number of aryl methyl sites for hydroxylation is 1. The lowest BCUT2D eigenvalue weighted by atomic mass is 9.94. The highest BCUT2D eigenvalue weighted by Gasteiger charge is 2.28. The van der Waals surface area contributed by atoms with Crippen molar-refractivity contribution in [3.8, 4) is 0 Å². The molecule has 126 valence electrons. The summed E-state index contributed by atoms with van der Waals surface area (Å²) in [5, 5.41) is 19.0. The van der Waals surface area contributed by atoms with Gasteiger partial charge in [-0.05, 0) is 47.5 Å². The van der Waals surface area contributed by atoms with E-state index in [2.05, 4.69) is 51.2 Å². The molecule has 1 saturated carbocycles. The van der Waals surface area contributed by atoms with Crippen molar-refractivity contribution in [2.75, 3.05) is 6.54 Å². The van der Waals surface area contributed by atoms with Gasteiger partial charge in [0.15, 0.2) is 0 Å². The topological polar surface area (TPSA) is 50.1 Å². The molecule has 22 heavy (non-hydrogen) atoms. The zero-order valence-corrected chi connectivity index (χ0v) is 14.9. The van der Waals surface area contributed by atoms with Crippen LogP contribution in [0, 0.1) is 6.92 Å². The lowest BCUT2D eigenvalue weighted by molar-refractivity contribution is 0.0231. The van der Waals surface area contributed by atoms with E-state index in [1.807, 2.05) is 4.68 Å². The summed E-state index contributed by atoms with van der Waals surface area (Å²) < 4.78 is 2.04. The van der Waals surface area contributed by atoms with Gasteiger partial charge in [0.2, 0.25) is 0 Å². The highest BCUT2D eigenvalue weighted by molar-refractivity contribution is 5.20. The Morgan fingerprint density at radius 3 is 2.36 bits per heavy atom. The molecule has 4 heteroatoms. The summed E-state index contributed by atoms with van der Waals surface area (Å²) in [6.45, 7) is 11.4. The van der Waals surface area contributed by atoms with Crippen LogP contribution in [0.15, 0.2) is 6.20 Å². The third kappa shape index (κ3) is 4.32. The third-order valence-corrected chi connectivity index (χ3v) is 4.86. The van der Waals surface area contributed by atoms with Gasteiger partial charge in [-0.3, -0.25) is 4.68 Å². The summed E-state index contributed by atoms with van der Waals surface area (Å²) in [6, 6.07) is 0.211. The van der Waals surface area contributed by atoms with Gasteiger partial charge in [-0.1, -0.05) is 25.7 Å². The highest BCUT2D eigenvalue weighted by atomic mass is 16.3. The van der Waals surface area contributed by atoms with Crippen molar-refractivity contribution in [2.45, 2.75) is 90.3 Å². The minimum absolute atomic E-state index is 0.00220. The number of rotatable bonds is 4. The first-order valence-corrected chi connectivity index (χ1v) is 8.74. The van der Waals surface area contributed by atoms with E-state index in [4.69, 9.17) is 0 Å². The Morgan fingerprint density at radius 1 is 1.27 bits per heavy atom. The molecule has 2 rings (SSSR count). The summed E-state index contributed by atoms with van der Waals surface area (Å²) in [6.07, 6.45) is 8.80. The number of hydrogen-bond donors (Lipinski definition) is 2. The smallest absolute Gasteiger partial charge is 0.0771 e. The van der Waals surface area contributed by atoms with Crippen LogP contribution in [0.1, 0.15) is 83.5 Å². The number of aliphatic hydroxyl groups is 1. The predicted molar refractivity (Wildman–Crippen MR) is 91.0 cm³/mol. The molecule has 0 aliphatic heterocycles. The van der Waals surface area contributed by atoms with E-state index in [9.17, 15) is 5.11 Å². The van der Waals surface area contributed by atoms with Crippen LogP contribution in [0.2, 0.25) is 0 Å². The van der Waals surface area contributed by atoms with Gasteiger partial charge >= 0.3 is 0 Å². The van der Waals surface area contributed by atoms with Crippen molar-refractivity contribution in [1.82, 2.24) is 15.1 Å². The maximum absolute atomic E-state index is 10.8. The quantitative estimate of drug-likeness (QED) is 0.834. The fraction of sp³-hybridized carbons (Fsp3) is 0.833. The molecule has 0 spiro atoms.